The van der Waals surface area contributed by atoms with Gasteiger partial charge in [0.1, 0.15) is 17.8 Å². The van der Waals surface area contributed by atoms with E-state index in [0.717, 1.165) is 20.3 Å². The number of rotatable bonds is 3. The maximum Gasteiger partial charge on any atom is 0.338 e. The van der Waals surface area contributed by atoms with Gasteiger partial charge in [-0.1, -0.05) is 0 Å². The number of esters is 3. The molecule has 2 aliphatic rings. The van der Waals surface area contributed by atoms with E-state index in [2.05, 4.69) is 4.74 Å². The van der Waals surface area contributed by atoms with Crippen LogP contribution >= 0.6 is 0 Å². The standard InChI is InChI=1S/C18H17NO8/c1-18(24)12-11(10(16(22)25-2)7-26-17(12)23)13(14(18)20)27-15(21)8-3-5-9(19)6-4-8/h3-7,11-13,24H,19H2,1-2H3/t11-,12-,13+,18-/m1/s1. The Kier molecular flexibility index (Phi) is 4.48. The quantitative estimate of drug-likeness (QED) is 0.423. The summed E-state index contributed by atoms with van der Waals surface area (Å²) in [4.78, 5) is 49.3. The van der Waals surface area contributed by atoms with E-state index >= 15 is 0 Å². The Morgan fingerprint density at radius 1 is 1.19 bits per heavy atom. The second-order valence-corrected chi connectivity index (χ2v) is 6.46. The van der Waals surface area contributed by atoms with E-state index in [-0.39, 0.29) is 11.1 Å². The van der Waals surface area contributed by atoms with Gasteiger partial charge in [-0.3, -0.25) is 9.59 Å². The van der Waals surface area contributed by atoms with Crippen molar-refractivity contribution in [1.29, 1.82) is 0 Å². The molecule has 1 saturated carbocycles. The number of hydrogen-bond donors (Lipinski definition) is 2. The zero-order valence-electron chi connectivity index (χ0n) is 14.5. The maximum atomic E-state index is 12.7. The van der Waals surface area contributed by atoms with E-state index in [0.29, 0.717) is 5.69 Å². The number of ketones is 1. The van der Waals surface area contributed by atoms with Gasteiger partial charge in [-0.25, -0.2) is 9.59 Å². The topological polar surface area (TPSA) is 142 Å². The predicted octanol–water partition coefficient (Wildman–Crippen LogP) is -0.0260. The highest BCUT2D eigenvalue weighted by atomic mass is 16.6. The van der Waals surface area contributed by atoms with Crippen LogP contribution < -0.4 is 5.73 Å². The van der Waals surface area contributed by atoms with Gasteiger partial charge in [0.2, 0.25) is 5.78 Å². The Hall–Kier alpha value is -3.20. The third kappa shape index (κ3) is 2.95. The number of carbonyl (C=O) groups excluding carboxylic acids is 4. The van der Waals surface area contributed by atoms with E-state index < -0.39 is 47.2 Å². The van der Waals surface area contributed by atoms with Gasteiger partial charge in [0.15, 0.2) is 6.10 Å². The highest BCUT2D eigenvalue weighted by molar-refractivity contribution is 6.05. The number of benzene rings is 1. The number of nitrogens with two attached hydrogens (primary N) is 1. The summed E-state index contributed by atoms with van der Waals surface area (Å²) in [5.74, 6) is -6.18. The van der Waals surface area contributed by atoms with Crippen molar-refractivity contribution in [3.63, 3.8) is 0 Å². The Morgan fingerprint density at radius 2 is 1.81 bits per heavy atom. The minimum Gasteiger partial charge on any atom is -0.466 e. The molecule has 4 atom stereocenters. The summed E-state index contributed by atoms with van der Waals surface area (Å²) in [5, 5.41) is 10.6. The molecule has 1 aliphatic heterocycles. The zero-order chi connectivity index (χ0) is 19.9. The molecule has 3 rings (SSSR count). The van der Waals surface area contributed by atoms with Gasteiger partial charge in [0, 0.05) is 5.69 Å². The minimum absolute atomic E-state index is 0.113. The summed E-state index contributed by atoms with van der Waals surface area (Å²) < 4.78 is 14.7. The Morgan fingerprint density at radius 3 is 2.41 bits per heavy atom. The first-order chi connectivity index (χ1) is 12.7. The minimum atomic E-state index is -2.18. The molecule has 0 bridgehead atoms. The van der Waals surface area contributed by atoms with Crippen LogP contribution in [0.25, 0.3) is 0 Å². The fourth-order valence-corrected chi connectivity index (χ4v) is 3.35. The average molecular weight is 375 g/mol. The second-order valence-electron chi connectivity index (χ2n) is 6.46. The molecule has 1 fully saturated rings. The third-order valence-corrected chi connectivity index (χ3v) is 4.76. The molecule has 9 nitrogen and oxygen atoms in total. The molecule has 3 N–H and O–H groups in total. The van der Waals surface area contributed by atoms with Crippen molar-refractivity contribution in [3.8, 4) is 0 Å². The molecular weight excluding hydrogens is 358 g/mol. The SMILES string of the molecule is COC(=O)C1=COC(=O)[C@H]2[C@@H]1[C@H](OC(=O)c1ccc(N)cc1)C(=O)[C@]2(C)O. The molecule has 142 valence electrons. The number of carbonyl (C=O) groups is 4. The molecule has 1 aromatic carbocycles. The number of fused-ring (bicyclic) bond motifs is 1. The molecule has 0 aromatic heterocycles. The summed E-state index contributed by atoms with van der Waals surface area (Å²) in [5.41, 5.74) is 3.75. The average Bonchev–Trinajstić information content (AvgIpc) is 2.83. The van der Waals surface area contributed by atoms with E-state index in [1.165, 1.54) is 24.3 Å². The van der Waals surface area contributed by atoms with Crippen LogP contribution in [0.2, 0.25) is 0 Å². The number of hydrogen-bond acceptors (Lipinski definition) is 9. The van der Waals surface area contributed by atoms with Crippen molar-refractivity contribution in [3.05, 3.63) is 41.7 Å². The molecule has 1 aliphatic carbocycles. The van der Waals surface area contributed by atoms with Crippen LogP contribution in [0.1, 0.15) is 17.3 Å². The van der Waals surface area contributed by atoms with Crippen LogP contribution in [0.15, 0.2) is 36.1 Å². The van der Waals surface area contributed by atoms with Gasteiger partial charge >= 0.3 is 17.9 Å². The molecule has 0 spiro atoms. The normalized spacial score (nSPS) is 29.4. The van der Waals surface area contributed by atoms with E-state index in [1.807, 2.05) is 0 Å². The van der Waals surface area contributed by atoms with Crippen LogP contribution in [0, 0.1) is 11.8 Å². The molecule has 0 unspecified atom stereocenters. The molecule has 1 aromatic rings. The second kappa shape index (κ2) is 6.51. The van der Waals surface area contributed by atoms with Crippen molar-refractivity contribution in [2.45, 2.75) is 18.6 Å². The van der Waals surface area contributed by atoms with Crippen molar-refractivity contribution >= 4 is 29.4 Å². The van der Waals surface area contributed by atoms with Gasteiger partial charge in [0.25, 0.3) is 0 Å². The molecule has 0 radical (unpaired) electrons. The van der Waals surface area contributed by atoms with Gasteiger partial charge in [-0.15, -0.1) is 0 Å². The predicted molar refractivity (Wildman–Crippen MR) is 88.9 cm³/mol. The van der Waals surface area contributed by atoms with Crippen LogP contribution in [0.5, 0.6) is 0 Å². The fourth-order valence-electron chi connectivity index (χ4n) is 3.35. The molecule has 1 heterocycles. The van der Waals surface area contributed by atoms with Gasteiger partial charge in [-0.05, 0) is 31.2 Å². The molecular formula is C18H17NO8. The van der Waals surface area contributed by atoms with E-state index in [4.69, 9.17) is 15.2 Å². The number of methoxy groups -OCH3 is 1. The van der Waals surface area contributed by atoms with Gasteiger partial charge in [0.05, 0.1) is 24.2 Å². The van der Waals surface area contributed by atoms with Gasteiger partial charge in [-0.2, -0.15) is 0 Å². The largest absolute Gasteiger partial charge is 0.466 e. The lowest BCUT2D eigenvalue weighted by atomic mass is 9.81. The van der Waals surface area contributed by atoms with Crippen molar-refractivity contribution in [2.24, 2.45) is 11.8 Å². The Bertz CT molecular complexity index is 855. The lowest BCUT2D eigenvalue weighted by Crippen LogP contribution is -2.44. The molecule has 0 saturated heterocycles. The molecule has 27 heavy (non-hydrogen) atoms. The first-order valence-corrected chi connectivity index (χ1v) is 8.00. The smallest absolute Gasteiger partial charge is 0.338 e. The maximum absolute atomic E-state index is 12.7. The number of aliphatic hydroxyl groups is 1. The van der Waals surface area contributed by atoms with Crippen LogP contribution in [0.4, 0.5) is 5.69 Å². The first kappa shape index (κ1) is 18.6. The first-order valence-electron chi connectivity index (χ1n) is 8.00. The third-order valence-electron chi connectivity index (χ3n) is 4.76. The zero-order valence-corrected chi connectivity index (χ0v) is 14.5. The van der Waals surface area contributed by atoms with Crippen molar-refractivity contribution in [2.75, 3.05) is 12.8 Å². The monoisotopic (exact) mass is 375 g/mol. The van der Waals surface area contributed by atoms with Gasteiger partial charge < -0.3 is 25.1 Å². The van der Waals surface area contributed by atoms with Crippen LogP contribution in [-0.2, 0) is 28.6 Å². The highest BCUT2D eigenvalue weighted by Crippen LogP contribution is 2.46. The van der Waals surface area contributed by atoms with E-state index in [9.17, 15) is 24.3 Å². The fraction of sp³-hybridized carbons (Fsp3) is 0.333. The number of anilines is 1. The molecule has 9 heteroatoms. The summed E-state index contributed by atoms with van der Waals surface area (Å²) in [7, 11) is 1.11. The number of cyclic esters (lactones) is 1. The molecule has 0 amide bonds. The Labute approximate surface area is 153 Å². The van der Waals surface area contributed by atoms with Crippen molar-refractivity contribution in [1.82, 2.24) is 0 Å². The summed E-state index contributed by atoms with van der Waals surface area (Å²) in [6.45, 7) is 1.12. The number of Topliss-reactive ketones (excluding diaryl/α,β-unsaturated/α-hetero) is 1. The lowest BCUT2D eigenvalue weighted by Gasteiger charge is -2.29. The summed E-state index contributed by atoms with van der Waals surface area (Å²) in [6.07, 6.45) is -0.707. The Balaban J connectivity index is 1.98. The summed E-state index contributed by atoms with van der Waals surface area (Å²) in [6, 6.07) is 5.76. The van der Waals surface area contributed by atoms with Crippen molar-refractivity contribution < 1.29 is 38.5 Å². The van der Waals surface area contributed by atoms with Crippen LogP contribution in [0.3, 0.4) is 0 Å². The summed E-state index contributed by atoms with van der Waals surface area (Å²) >= 11 is 0. The number of ether oxygens (including phenoxy) is 3. The van der Waals surface area contributed by atoms with E-state index in [1.54, 1.807) is 0 Å². The highest BCUT2D eigenvalue weighted by Gasteiger charge is 2.65. The lowest BCUT2D eigenvalue weighted by molar-refractivity contribution is -0.158. The number of nitrogen functional groups attached to an aromatic ring is 1. The van der Waals surface area contributed by atoms with Crippen LogP contribution in [-0.4, -0.2) is 47.6 Å².